The molecule has 3 aromatic rings. The lowest BCUT2D eigenvalue weighted by Crippen LogP contribution is -2.51. The van der Waals surface area contributed by atoms with Crippen molar-refractivity contribution in [3.63, 3.8) is 0 Å². The summed E-state index contributed by atoms with van der Waals surface area (Å²) in [7, 11) is 0. The highest BCUT2D eigenvalue weighted by Crippen LogP contribution is 2.25. The number of primary amides is 1. The maximum Gasteiger partial charge on any atom is 0.240 e. The van der Waals surface area contributed by atoms with Crippen molar-refractivity contribution < 1.29 is 14.0 Å². The third kappa shape index (κ3) is 3.69. The van der Waals surface area contributed by atoms with Crippen LogP contribution in [0.15, 0.2) is 71.1 Å². The van der Waals surface area contributed by atoms with E-state index in [1.165, 1.54) is 0 Å². The summed E-state index contributed by atoms with van der Waals surface area (Å²) in [6.45, 7) is 0.413. The molecule has 5 nitrogen and oxygen atoms in total. The fourth-order valence-corrected chi connectivity index (χ4v) is 3.68. The van der Waals surface area contributed by atoms with Gasteiger partial charge < -0.3 is 15.1 Å². The van der Waals surface area contributed by atoms with Crippen LogP contribution >= 0.6 is 0 Å². The Balaban J connectivity index is 1.44. The Bertz CT molecular complexity index is 994. The van der Waals surface area contributed by atoms with Crippen LogP contribution in [0.1, 0.15) is 23.3 Å². The van der Waals surface area contributed by atoms with E-state index in [1.807, 2.05) is 66.7 Å². The van der Waals surface area contributed by atoms with Crippen molar-refractivity contribution in [3.05, 3.63) is 83.6 Å². The maximum absolute atomic E-state index is 12.8. The van der Waals surface area contributed by atoms with E-state index >= 15 is 0 Å². The first-order valence-electron chi connectivity index (χ1n) is 9.41. The number of nitrogens with two attached hydrogens (primary N) is 1. The second kappa shape index (κ2) is 7.72. The molecule has 1 aliphatic heterocycles. The molecule has 28 heavy (non-hydrogen) atoms. The standard InChI is InChI=1S/C23H22N2O3/c24-23(27)20-14-17-8-4-5-9-18(17)15-25(20)22(26)13-11-19-10-12-21(28-19)16-6-2-1-3-7-16/h1-10,12,20H,11,13-15H2,(H2,24,27). The Morgan fingerprint density at radius 3 is 2.43 bits per heavy atom. The predicted molar refractivity (Wildman–Crippen MR) is 106 cm³/mol. The maximum atomic E-state index is 12.8. The molecule has 1 unspecified atom stereocenters. The van der Waals surface area contributed by atoms with Crippen LogP contribution in [-0.4, -0.2) is 22.8 Å². The summed E-state index contributed by atoms with van der Waals surface area (Å²) in [5, 5.41) is 0. The molecular formula is C23H22N2O3. The molecule has 142 valence electrons. The van der Waals surface area contributed by atoms with Gasteiger partial charge in [0.05, 0.1) is 0 Å². The molecule has 0 saturated heterocycles. The van der Waals surface area contributed by atoms with Gasteiger partial charge in [0.25, 0.3) is 0 Å². The molecule has 0 aliphatic carbocycles. The number of aryl methyl sites for hydroxylation is 1. The average Bonchev–Trinajstić information content (AvgIpc) is 3.20. The summed E-state index contributed by atoms with van der Waals surface area (Å²) in [4.78, 5) is 26.4. The number of amides is 2. The number of hydrogen-bond donors (Lipinski definition) is 1. The van der Waals surface area contributed by atoms with Crippen LogP contribution in [0.25, 0.3) is 11.3 Å². The summed E-state index contributed by atoms with van der Waals surface area (Å²) in [6, 6.07) is 20.9. The van der Waals surface area contributed by atoms with E-state index in [9.17, 15) is 9.59 Å². The van der Waals surface area contributed by atoms with Crippen molar-refractivity contribution in [2.24, 2.45) is 5.73 Å². The van der Waals surface area contributed by atoms with Gasteiger partial charge in [0, 0.05) is 31.4 Å². The number of hydrogen-bond acceptors (Lipinski definition) is 3. The van der Waals surface area contributed by atoms with Crippen molar-refractivity contribution >= 4 is 11.8 Å². The van der Waals surface area contributed by atoms with Crippen LogP contribution in [0.3, 0.4) is 0 Å². The van der Waals surface area contributed by atoms with Crippen LogP contribution in [0.4, 0.5) is 0 Å². The van der Waals surface area contributed by atoms with Gasteiger partial charge in [0.1, 0.15) is 17.6 Å². The van der Waals surface area contributed by atoms with Crippen LogP contribution < -0.4 is 5.73 Å². The number of carbonyl (C=O) groups is 2. The molecule has 2 N–H and O–H groups in total. The first kappa shape index (κ1) is 18.0. The predicted octanol–water partition coefficient (Wildman–Crippen LogP) is 3.32. The van der Waals surface area contributed by atoms with Crippen molar-refractivity contribution in [2.45, 2.75) is 31.8 Å². The lowest BCUT2D eigenvalue weighted by molar-refractivity contribution is -0.140. The van der Waals surface area contributed by atoms with E-state index in [0.29, 0.717) is 19.4 Å². The van der Waals surface area contributed by atoms with Crippen LogP contribution in [0.2, 0.25) is 0 Å². The smallest absolute Gasteiger partial charge is 0.240 e. The van der Waals surface area contributed by atoms with Gasteiger partial charge >= 0.3 is 0 Å². The SMILES string of the molecule is NC(=O)C1Cc2ccccc2CN1C(=O)CCc1ccc(-c2ccccc2)o1. The van der Waals surface area contributed by atoms with Crippen molar-refractivity contribution in [3.8, 4) is 11.3 Å². The lowest BCUT2D eigenvalue weighted by Gasteiger charge is -2.35. The summed E-state index contributed by atoms with van der Waals surface area (Å²) in [5.41, 5.74) is 8.72. The van der Waals surface area contributed by atoms with Gasteiger partial charge in [0.2, 0.25) is 11.8 Å². The highest BCUT2D eigenvalue weighted by Gasteiger charge is 2.32. The summed E-state index contributed by atoms with van der Waals surface area (Å²) in [5.74, 6) is 0.980. The first-order valence-corrected chi connectivity index (χ1v) is 9.41. The average molecular weight is 374 g/mol. The van der Waals surface area contributed by atoms with Gasteiger partial charge in [-0.2, -0.15) is 0 Å². The number of fused-ring (bicyclic) bond motifs is 1. The monoisotopic (exact) mass is 374 g/mol. The molecule has 1 atom stereocenters. The summed E-state index contributed by atoms with van der Waals surface area (Å²) >= 11 is 0. The minimum Gasteiger partial charge on any atom is -0.461 e. The third-order valence-electron chi connectivity index (χ3n) is 5.20. The topological polar surface area (TPSA) is 76.5 Å². The number of carbonyl (C=O) groups excluding carboxylic acids is 2. The Morgan fingerprint density at radius 1 is 0.964 bits per heavy atom. The number of nitrogens with zero attached hydrogens (tertiary/aromatic N) is 1. The van der Waals surface area contributed by atoms with E-state index in [0.717, 1.165) is 28.2 Å². The number of rotatable bonds is 5. The second-order valence-corrected chi connectivity index (χ2v) is 7.04. The van der Waals surface area contributed by atoms with E-state index in [-0.39, 0.29) is 12.3 Å². The van der Waals surface area contributed by atoms with Crippen molar-refractivity contribution in [2.75, 3.05) is 0 Å². The van der Waals surface area contributed by atoms with Gasteiger partial charge in [-0.05, 0) is 23.3 Å². The molecule has 0 saturated carbocycles. The van der Waals surface area contributed by atoms with Crippen molar-refractivity contribution in [1.82, 2.24) is 4.90 Å². The largest absolute Gasteiger partial charge is 0.461 e. The Kier molecular flexibility index (Phi) is 4.98. The van der Waals surface area contributed by atoms with Crippen molar-refractivity contribution in [1.29, 1.82) is 0 Å². The first-order chi connectivity index (χ1) is 13.6. The van der Waals surface area contributed by atoms with Gasteiger partial charge in [-0.15, -0.1) is 0 Å². The zero-order valence-electron chi connectivity index (χ0n) is 15.5. The Hall–Kier alpha value is -3.34. The van der Waals surface area contributed by atoms with Gasteiger partial charge in [-0.3, -0.25) is 9.59 Å². The summed E-state index contributed by atoms with van der Waals surface area (Å²) < 4.78 is 5.88. The number of benzene rings is 2. The molecule has 0 fully saturated rings. The normalized spacial score (nSPS) is 15.9. The molecule has 2 amide bonds. The molecule has 0 bridgehead atoms. The van der Waals surface area contributed by atoms with Gasteiger partial charge in [0.15, 0.2) is 0 Å². The minimum absolute atomic E-state index is 0.0871. The zero-order valence-corrected chi connectivity index (χ0v) is 15.5. The van der Waals surface area contributed by atoms with E-state index in [4.69, 9.17) is 10.2 Å². The summed E-state index contributed by atoms with van der Waals surface area (Å²) in [6.07, 6.45) is 1.22. The third-order valence-corrected chi connectivity index (χ3v) is 5.20. The van der Waals surface area contributed by atoms with E-state index in [1.54, 1.807) is 4.90 Å². The molecular weight excluding hydrogens is 352 g/mol. The molecule has 5 heteroatoms. The quantitative estimate of drug-likeness (QED) is 0.744. The Labute approximate surface area is 163 Å². The Morgan fingerprint density at radius 2 is 1.68 bits per heavy atom. The highest BCUT2D eigenvalue weighted by atomic mass is 16.3. The molecule has 2 heterocycles. The van der Waals surface area contributed by atoms with Crippen LogP contribution in [-0.2, 0) is 29.0 Å². The lowest BCUT2D eigenvalue weighted by atomic mass is 9.93. The fourth-order valence-electron chi connectivity index (χ4n) is 3.68. The minimum atomic E-state index is -0.598. The van der Waals surface area contributed by atoms with Crippen LogP contribution in [0, 0.1) is 0 Å². The van der Waals surface area contributed by atoms with Gasteiger partial charge in [-0.1, -0.05) is 54.6 Å². The van der Waals surface area contributed by atoms with Crippen LogP contribution in [0.5, 0.6) is 0 Å². The number of furan rings is 1. The molecule has 0 radical (unpaired) electrons. The molecule has 4 rings (SSSR count). The van der Waals surface area contributed by atoms with E-state index in [2.05, 4.69) is 0 Å². The molecule has 1 aromatic heterocycles. The second-order valence-electron chi connectivity index (χ2n) is 7.04. The highest BCUT2D eigenvalue weighted by molar-refractivity contribution is 5.87. The van der Waals surface area contributed by atoms with E-state index < -0.39 is 11.9 Å². The molecule has 0 spiro atoms. The van der Waals surface area contributed by atoms with Gasteiger partial charge in [-0.25, -0.2) is 0 Å². The fraction of sp³-hybridized carbons (Fsp3) is 0.217. The zero-order chi connectivity index (χ0) is 19.5. The molecule has 1 aliphatic rings. The molecule has 2 aromatic carbocycles.